The molecule has 0 spiro atoms. The van der Waals surface area contributed by atoms with Crippen molar-refractivity contribution in [1.29, 1.82) is 0 Å². The Morgan fingerprint density at radius 2 is 2.14 bits per heavy atom. The number of hydrogen-bond donors (Lipinski definition) is 2. The minimum Gasteiger partial charge on any atom is -0.493 e. The summed E-state index contributed by atoms with van der Waals surface area (Å²) in [6.45, 7) is -0.333. The summed E-state index contributed by atoms with van der Waals surface area (Å²) in [4.78, 5) is 24.7. The van der Waals surface area contributed by atoms with Crippen molar-refractivity contribution in [2.75, 3.05) is 25.6 Å². The van der Waals surface area contributed by atoms with Crippen molar-refractivity contribution in [3.63, 3.8) is 0 Å². The standard InChI is InChI=1S/C13H12BrClN2O4/c1-21-12-8(14)4-7(15)5-9(12)16-10-6-11(19)17(2-3-18)13(10)20/h4-6,16,18H,2-3H2,1H3. The quantitative estimate of drug-likeness (QED) is 0.767. The summed E-state index contributed by atoms with van der Waals surface area (Å²) in [6, 6.07) is 3.23. The van der Waals surface area contributed by atoms with E-state index in [9.17, 15) is 9.59 Å². The molecule has 0 bridgehead atoms. The van der Waals surface area contributed by atoms with Gasteiger partial charge < -0.3 is 15.2 Å². The van der Waals surface area contributed by atoms with Crippen molar-refractivity contribution >= 4 is 45.0 Å². The average molecular weight is 376 g/mol. The number of aliphatic hydroxyl groups is 1. The first-order chi connectivity index (χ1) is 9.97. The Labute approximate surface area is 134 Å². The van der Waals surface area contributed by atoms with Gasteiger partial charge in [-0.2, -0.15) is 0 Å². The first-order valence-corrected chi connectivity index (χ1v) is 7.13. The number of rotatable bonds is 5. The Kier molecular flexibility index (Phi) is 4.87. The van der Waals surface area contributed by atoms with Crippen LogP contribution in [0.1, 0.15) is 0 Å². The van der Waals surface area contributed by atoms with E-state index in [2.05, 4.69) is 21.2 Å². The number of ether oxygens (including phenoxy) is 1. The zero-order valence-electron chi connectivity index (χ0n) is 11.0. The molecule has 0 radical (unpaired) electrons. The first kappa shape index (κ1) is 15.8. The van der Waals surface area contributed by atoms with E-state index in [1.54, 1.807) is 12.1 Å². The van der Waals surface area contributed by atoms with Crippen LogP contribution in [-0.2, 0) is 9.59 Å². The highest BCUT2D eigenvalue weighted by atomic mass is 79.9. The maximum Gasteiger partial charge on any atom is 0.277 e. The van der Waals surface area contributed by atoms with Crippen LogP contribution in [-0.4, -0.2) is 42.1 Å². The van der Waals surface area contributed by atoms with Gasteiger partial charge in [-0.05, 0) is 28.1 Å². The van der Waals surface area contributed by atoms with Crippen LogP contribution in [0.15, 0.2) is 28.4 Å². The number of β-amino-alcohol motifs (C(OH)–C–C–N with tert-alkyl or cyclic N) is 1. The molecule has 0 aromatic heterocycles. The molecule has 6 nitrogen and oxygen atoms in total. The molecule has 1 aliphatic rings. The number of carbonyl (C=O) groups is 2. The predicted molar refractivity (Wildman–Crippen MR) is 81.2 cm³/mol. The largest absolute Gasteiger partial charge is 0.493 e. The highest BCUT2D eigenvalue weighted by Gasteiger charge is 2.31. The topological polar surface area (TPSA) is 78.9 Å². The second-order valence-electron chi connectivity index (χ2n) is 4.17. The molecule has 1 aromatic carbocycles. The summed E-state index contributed by atoms with van der Waals surface area (Å²) in [5, 5.41) is 12.1. The molecule has 0 saturated carbocycles. The number of halogens is 2. The van der Waals surface area contributed by atoms with E-state index in [-0.39, 0.29) is 18.8 Å². The fraction of sp³-hybridized carbons (Fsp3) is 0.231. The molecular formula is C13H12BrClN2O4. The summed E-state index contributed by atoms with van der Waals surface area (Å²) in [7, 11) is 1.48. The fourth-order valence-electron chi connectivity index (χ4n) is 1.92. The van der Waals surface area contributed by atoms with Crippen LogP contribution in [0.5, 0.6) is 5.75 Å². The number of carbonyl (C=O) groups excluding carboxylic acids is 2. The predicted octanol–water partition coefficient (Wildman–Crippen LogP) is 1.77. The molecule has 1 aromatic rings. The van der Waals surface area contributed by atoms with Crippen LogP contribution in [0.25, 0.3) is 0 Å². The van der Waals surface area contributed by atoms with Gasteiger partial charge >= 0.3 is 0 Å². The molecule has 2 amide bonds. The molecule has 21 heavy (non-hydrogen) atoms. The Morgan fingerprint density at radius 3 is 2.76 bits per heavy atom. The maximum absolute atomic E-state index is 12.1. The zero-order valence-corrected chi connectivity index (χ0v) is 13.4. The van der Waals surface area contributed by atoms with Crippen molar-refractivity contribution < 1.29 is 19.4 Å². The summed E-state index contributed by atoms with van der Waals surface area (Å²) < 4.78 is 5.85. The van der Waals surface area contributed by atoms with E-state index in [0.717, 1.165) is 4.90 Å². The minimum atomic E-state index is -0.507. The number of methoxy groups -OCH3 is 1. The molecule has 112 valence electrons. The van der Waals surface area contributed by atoms with Gasteiger partial charge in [-0.3, -0.25) is 14.5 Å². The molecular weight excluding hydrogens is 364 g/mol. The van der Waals surface area contributed by atoms with Gasteiger partial charge in [0, 0.05) is 11.1 Å². The zero-order chi connectivity index (χ0) is 15.6. The van der Waals surface area contributed by atoms with E-state index in [1.165, 1.54) is 13.2 Å². The molecule has 1 heterocycles. The number of imide groups is 1. The molecule has 0 fully saturated rings. The Hall–Kier alpha value is -1.57. The molecule has 2 N–H and O–H groups in total. The summed E-state index contributed by atoms with van der Waals surface area (Å²) in [5.74, 6) is -0.523. The van der Waals surface area contributed by atoms with Gasteiger partial charge in [0.1, 0.15) is 5.70 Å². The Morgan fingerprint density at radius 1 is 1.43 bits per heavy atom. The maximum atomic E-state index is 12.1. The van der Waals surface area contributed by atoms with Crippen LogP contribution < -0.4 is 10.1 Å². The number of anilines is 1. The van der Waals surface area contributed by atoms with Gasteiger partial charge in [-0.1, -0.05) is 11.6 Å². The van der Waals surface area contributed by atoms with Crippen LogP contribution >= 0.6 is 27.5 Å². The van der Waals surface area contributed by atoms with Crippen LogP contribution in [0.2, 0.25) is 5.02 Å². The van der Waals surface area contributed by atoms with Crippen LogP contribution in [0.4, 0.5) is 5.69 Å². The minimum absolute atomic E-state index is 0.0459. The first-order valence-electron chi connectivity index (χ1n) is 5.96. The van der Waals surface area contributed by atoms with E-state index in [0.29, 0.717) is 20.9 Å². The van der Waals surface area contributed by atoms with Gasteiger partial charge in [0.2, 0.25) is 0 Å². The molecule has 0 unspecified atom stereocenters. The van der Waals surface area contributed by atoms with Crippen LogP contribution in [0, 0.1) is 0 Å². The average Bonchev–Trinajstić information content (AvgIpc) is 2.66. The smallest absolute Gasteiger partial charge is 0.277 e. The monoisotopic (exact) mass is 374 g/mol. The Balaban J connectivity index is 2.29. The molecule has 2 rings (SSSR count). The number of hydrogen-bond acceptors (Lipinski definition) is 5. The van der Waals surface area contributed by atoms with E-state index < -0.39 is 11.8 Å². The SMILES string of the molecule is COc1c(Br)cc(Cl)cc1NC1=CC(=O)N(CCO)C1=O. The van der Waals surface area contributed by atoms with E-state index >= 15 is 0 Å². The Bertz CT molecular complexity index is 633. The summed E-state index contributed by atoms with van der Waals surface area (Å²) in [6.07, 6.45) is 1.17. The molecule has 0 atom stereocenters. The summed E-state index contributed by atoms with van der Waals surface area (Å²) in [5.41, 5.74) is 0.552. The lowest BCUT2D eigenvalue weighted by molar-refractivity contribution is -0.137. The van der Waals surface area contributed by atoms with Gasteiger partial charge in [-0.25, -0.2) is 0 Å². The van der Waals surface area contributed by atoms with E-state index in [1.807, 2.05) is 0 Å². The molecule has 8 heteroatoms. The lowest BCUT2D eigenvalue weighted by atomic mass is 10.2. The highest BCUT2D eigenvalue weighted by molar-refractivity contribution is 9.10. The third kappa shape index (κ3) is 3.20. The lowest BCUT2D eigenvalue weighted by Crippen LogP contribution is -2.34. The summed E-state index contributed by atoms with van der Waals surface area (Å²) >= 11 is 9.27. The lowest BCUT2D eigenvalue weighted by Gasteiger charge is -2.15. The fourth-order valence-corrected chi connectivity index (χ4v) is 2.89. The number of nitrogens with zero attached hydrogens (tertiary/aromatic N) is 1. The molecule has 0 saturated heterocycles. The van der Waals surface area contributed by atoms with Crippen molar-refractivity contribution in [1.82, 2.24) is 4.90 Å². The van der Waals surface area contributed by atoms with Crippen molar-refractivity contribution in [3.05, 3.63) is 33.4 Å². The normalized spacial score (nSPS) is 14.5. The van der Waals surface area contributed by atoms with Gasteiger partial charge in [-0.15, -0.1) is 0 Å². The second kappa shape index (κ2) is 6.46. The number of benzene rings is 1. The molecule has 0 aliphatic carbocycles. The third-order valence-electron chi connectivity index (χ3n) is 2.81. The van der Waals surface area contributed by atoms with Crippen molar-refractivity contribution in [2.24, 2.45) is 0 Å². The number of amides is 2. The van der Waals surface area contributed by atoms with Crippen LogP contribution in [0.3, 0.4) is 0 Å². The van der Waals surface area contributed by atoms with Gasteiger partial charge in [0.05, 0.1) is 30.4 Å². The highest BCUT2D eigenvalue weighted by Crippen LogP contribution is 2.37. The van der Waals surface area contributed by atoms with Gasteiger partial charge in [0.25, 0.3) is 11.8 Å². The number of aliphatic hydroxyl groups excluding tert-OH is 1. The van der Waals surface area contributed by atoms with Gasteiger partial charge in [0.15, 0.2) is 5.75 Å². The van der Waals surface area contributed by atoms with E-state index in [4.69, 9.17) is 21.4 Å². The van der Waals surface area contributed by atoms with Crippen molar-refractivity contribution in [2.45, 2.75) is 0 Å². The van der Waals surface area contributed by atoms with Crippen molar-refractivity contribution in [3.8, 4) is 5.75 Å². The molecule has 1 aliphatic heterocycles. The second-order valence-corrected chi connectivity index (χ2v) is 5.46. The third-order valence-corrected chi connectivity index (χ3v) is 3.62. The number of nitrogens with one attached hydrogen (secondary N) is 1.